The number of benzene rings is 2. The number of hydrogen-bond acceptors (Lipinski definition) is 3. The summed E-state index contributed by atoms with van der Waals surface area (Å²) in [6, 6.07) is 15.7. The lowest BCUT2D eigenvalue weighted by molar-refractivity contribution is -0.135. The molecule has 1 saturated heterocycles. The Morgan fingerprint density at radius 2 is 2.00 bits per heavy atom. The van der Waals surface area contributed by atoms with Crippen molar-refractivity contribution in [2.24, 2.45) is 5.92 Å². The van der Waals surface area contributed by atoms with Gasteiger partial charge in [0.15, 0.2) is 6.61 Å². The minimum absolute atomic E-state index is 0. The molecule has 1 unspecified atom stereocenters. The molecular weight excluding hydrogens is 383 g/mol. The first-order chi connectivity index (χ1) is 12.7. The molecule has 1 amide bonds. The number of carbonyl (C=O) groups excluding carboxylic acids is 1. The Balaban J connectivity index is 0.00000261. The molecule has 0 bridgehead atoms. The van der Waals surface area contributed by atoms with Crippen molar-refractivity contribution < 1.29 is 9.53 Å². The number of piperidine rings is 1. The highest BCUT2D eigenvalue weighted by Crippen LogP contribution is 2.30. The summed E-state index contributed by atoms with van der Waals surface area (Å²) in [7, 11) is 1.95. The highest BCUT2D eigenvalue weighted by Gasteiger charge is 2.23. The van der Waals surface area contributed by atoms with Gasteiger partial charge < -0.3 is 15.0 Å². The second-order valence-corrected chi connectivity index (χ2v) is 7.11. The summed E-state index contributed by atoms with van der Waals surface area (Å²) in [5, 5.41) is 3.71. The van der Waals surface area contributed by atoms with Crippen LogP contribution in [0, 0.1) is 5.92 Å². The maximum absolute atomic E-state index is 12.5. The van der Waals surface area contributed by atoms with Crippen molar-refractivity contribution in [3.05, 3.63) is 53.6 Å². The zero-order valence-corrected chi connectivity index (χ0v) is 17.1. The molecule has 0 aliphatic carbocycles. The minimum atomic E-state index is 0. The molecule has 1 N–H and O–H groups in total. The molecule has 0 radical (unpaired) electrons. The number of nitrogens with zero attached hydrogens (tertiary/aromatic N) is 1. The Hall–Kier alpha value is -1.75. The van der Waals surface area contributed by atoms with Crippen LogP contribution >= 0.6 is 24.0 Å². The predicted octanol–water partition coefficient (Wildman–Crippen LogP) is 4.27. The van der Waals surface area contributed by atoms with E-state index in [1.807, 2.05) is 60.5 Å². The number of likely N-dealkylation sites (tertiary alicyclic amines) is 1. The Morgan fingerprint density at radius 1 is 1.22 bits per heavy atom. The molecule has 2 aromatic carbocycles. The van der Waals surface area contributed by atoms with Gasteiger partial charge >= 0.3 is 0 Å². The Kier molecular flexibility index (Phi) is 8.42. The lowest BCUT2D eigenvalue weighted by Gasteiger charge is -2.32. The van der Waals surface area contributed by atoms with E-state index in [0.717, 1.165) is 43.6 Å². The van der Waals surface area contributed by atoms with E-state index in [4.69, 9.17) is 16.3 Å². The summed E-state index contributed by atoms with van der Waals surface area (Å²) < 4.78 is 5.70. The van der Waals surface area contributed by atoms with Crippen LogP contribution in [0.3, 0.4) is 0 Å². The molecule has 3 rings (SSSR count). The number of nitrogens with one attached hydrogen (secondary N) is 1. The van der Waals surface area contributed by atoms with Crippen molar-refractivity contribution in [2.45, 2.75) is 12.8 Å². The maximum Gasteiger partial charge on any atom is 0.260 e. The number of hydrogen-bond donors (Lipinski definition) is 1. The van der Waals surface area contributed by atoms with Crippen molar-refractivity contribution in [3.8, 4) is 16.9 Å². The average Bonchev–Trinajstić information content (AvgIpc) is 2.68. The summed E-state index contributed by atoms with van der Waals surface area (Å²) in [5.74, 6) is 1.09. The third-order valence-corrected chi connectivity index (χ3v) is 5.05. The van der Waals surface area contributed by atoms with Gasteiger partial charge in [-0.25, -0.2) is 0 Å². The minimum Gasteiger partial charge on any atom is -0.482 e. The van der Waals surface area contributed by atoms with E-state index in [-0.39, 0.29) is 24.9 Å². The van der Waals surface area contributed by atoms with Crippen LogP contribution in [-0.2, 0) is 4.79 Å². The topological polar surface area (TPSA) is 41.6 Å². The van der Waals surface area contributed by atoms with Crippen molar-refractivity contribution in [1.29, 1.82) is 0 Å². The van der Waals surface area contributed by atoms with E-state index in [1.54, 1.807) is 0 Å². The smallest absolute Gasteiger partial charge is 0.260 e. The zero-order chi connectivity index (χ0) is 18.4. The third-order valence-electron chi connectivity index (χ3n) is 4.75. The molecule has 1 aliphatic heterocycles. The summed E-state index contributed by atoms with van der Waals surface area (Å²) in [5.41, 5.74) is 2.13. The van der Waals surface area contributed by atoms with Crippen LogP contribution in [-0.4, -0.2) is 44.1 Å². The molecular formula is C21H26Cl2N2O2. The fourth-order valence-corrected chi connectivity index (χ4v) is 3.64. The highest BCUT2D eigenvalue weighted by atomic mass is 35.5. The van der Waals surface area contributed by atoms with E-state index in [2.05, 4.69) is 5.32 Å². The maximum atomic E-state index is 12.5. The molecule has 4 nitrogen and oxygen atoms in total. The lowest BCUT2D eigenvalue weighted by Crippen LogP contribution is -2.44. The molecule has 0 saturated carbocycles. The molecule has 1 atom stereocenters. The largest absolute Gasteiger partial charge is 0.482 e. The molecule has 2 aromatic rings. The van der Waals surface area contributed by atoms with Gasteiger partial charge in [-0.15, -0.1) is 12.4 Å². The van der Waals surface area contributed by atoms with Gasteiger partial charge in [-0.1, -0.05) is 48.0 Å². The summed E-state index contributed by atoms with van der Waals surface area (Å²) in [6.45, 7) is 2.57. The molecule has 0 aromatic heterocycles. The van der Waals surface area contributed by atoms with Crippen molar-refractivity contribution in [2.75, 3.05) is 33.3 Å². The molecule has 6 heteroatoms. The molecule has 1 heterocycles. The van der Waals surface area contributed by atoms with Crippen LogP contribution in [0.25, 0.3) is 11.1 Å². The van der Waals surface area contributed by atoms with Crippen LogP contribution in [0.5, 0.6) is 5.75 Å². The SMILES string of the molecule is CNCC1CCCN(C(=O)COc2ccc(-c3ccccc3)cc2Cl)C1.Cl. The Morgan fingerprint density at radius 3 is 2.70 bits per heavy atom. The summed E-state index contributed by atoms with van der Waals surface area (Å²) >= 11 is 6.35. The van der Waals surface area contributed by atoms with Crippen LogP contribution < -0.4 is 10.1 Å². The monoisotopic (exact) mass is 408 g/mol. The van der Waals surface area contributed by atoms with E-state index in [9.17, 15) is 4.79 Å². The molecule has 27 heavy (non-hydrogen) atoms. The first kappa shape index (κ1) is 21.5. The number of amides is 1. The standard InChI is InChI=1S/C21H25ClN2O2.ClH/c1-23-13-16-6-5-11-24(14-16)21(25)15-26-20-10-9-18(12-19(20)22)17-7-3-2-4-8-17;/h2-4,7-10,12,16,23H,5-6,11,13-15H2,1H3;1H. The molecule has 146 valence electrons. The van der Waals surface area contributed by atoms with E-state index >= 15 is 0 Å². The van der Waals surface area contributed by atoms with Gasteiger partial charge in [0.1, 0.15) is 5.75 Å². The van der Waals surface area contributed by atoms with Crippen molar-refractivity contribution in [1.82, 2.24) is 10.2 Å². The lowest BCUT2D eigenvalue weighted by atomic mass is 9.98. The van der Waals surface area contributed by atoms with Crippen LogP contribution in [0.2, 0.25) is 5.02 Å². The number of halogens is 2. The number of ether oxygens (including phenoxy) is 1. The van der Waals surface area contributed by atoms with Gasteiger partial charge in [-0.3, -0.25) is 4.79 Å². The zero-order valence-electron chi connectivity index (χ0n) is 15.5. The normalized spacial score (nSPS) is 16.5. The summed E-state index contributed by atoms with van der Waals surface area (Å²) in [4.78, 5) is 14.4. The van der Waals surface area contributed by atoms with E-state index in [1.165, 1.54) is 0 Å². The quantitative estimate of drug-likeness (QED) is 0.775. The van der Waals surface area contributed by atoms with Crippen LogP contribution in [0.1, 0.15) is 12.8 Å². The number of carbonyl (C=O) groups is 1. The Bertz CT molecular complexity index is 738. The fraction of sp³-hybridized carbons (Fsp3) is 0.381. The fourth-order valence-electron chi connectivity index (χ4n) is 3.41. The second kappa shape index (κ2) is 10.5. The van der Waals surface area contributed by atoms with Gasteiger partial charge in [-0.05, 0) is 55.6 Å². The highest BCUT2D eigenvalue weighted by molar-refractivity contribution is 6.32. The van der Waals surface area contributed by atoms with Crippen molar-refractivity contribution in [3.63, 3.8) is 0 Å². The van der Waals surface area contributed by atoms with Crippen molar-refractivity contribution >= 4 is 29.9 Å². The second-order valence-electron chi connectivity index (χ2n) is 6.71. The average molecular weight is 409 g/mol. The summed E-state index contributed by atoms with van der Waals surface area (Å²) in [6.07, 6.45) is 2.21. The van der Waals surface area contributed by atoms with Crippen LogP contribution in [0.4, 0.5) is 0 Å². The van der Waals surface area contributed by atoms with Gasteiger partial charge in [0.05, 0.1) is 5.02 Å². The van der Waals surface area contributed by atoms with E-state index < -0.39 is 0 Å². The van der Waals surface area contributed by atoms with E-state index in [0.29, 0.717) is 16.7 Å². The van der Waals surface area contributed by atoms with Crippen LogP contribution in [0.15, 0.2) is 48.5 Å². The van der Waals surface area contributed by atoms with Gasteiger partial charge in [0.25, 0.3) is 5.91 Å². The third kappa shape index (κ3) is 5.86. The van der Waals surface area contributed by atoms with Gasteiger partial charge in [-0.2, -0.15) is 0 Å². The van der Waals surface area contributed by atoms with Gasteiger partial charge in [0.2, 0.25) is 0 Å². The number of rotatable bonds is 6. The first-order valence-electron chi connectivity index (χ1n) is 9.07. The predicted molar refractivity (Wildman–Crippen MR) is 113 cm³/mol. The Labute approximate surface area is 172 Å². The molecule has 0 spiro atoms. The van der Waals surface area contributed by atoms with Gasteiger partial charge in [0, 0.05) is 13.1 Å². The molecule has 1 fully saturated rings. The molecule has 1 aliphatic rings. The first-order valence-corrected chi connectivity index (χ1v) is 9.45.